The first kappa shape index (κ1) is 11.8. The molecule has 5 heteroatoms. The number of methoxy groups -OCH3 is 1. The third-order valence-corrected chi connectivity index (χ3v) is 3.51. The smallest absolute Gasteiger partial charge is 0.139 e. The van der Waals surface area contributed by atoms with E-state index in [1.165, 1.54) is 0 Å². The molecule has 1 heterocycles. The van der Waals surface area contributed by atoms with Gasteiger partial charge in [0.1, 0.15) is 10.9 Å². The maximum atomic E-state index is 6.17. The monoisotopic (exact) mass is 275 g/mol. The third kappa shape index (κ3) is 1.81. The van der Waals surface area contributed by atoms with Crippen molar-refractivity contribution in [2.75, 3.05) is 7.11 Å². The fraction of sp³-hybridized carbons (Fsp3) is 0.182. The van der Waals surface area contributed by atoms with E-state index in [0.29, 0.717) is 26.5 Å². The molecule has 0 amide bonds. The summed E-state index contributed by atoms with van der Waals surface area (Å²) in [6.07, 6.45) is 0. The van der Waals surface area contributed by atoms with Crippen molar-refractivity contribution in [1.29, 1.82) is 0 Å². The van der Waals surface area contributed by atoms with Gasteiger partial charge in [0.25, 0.3) is 0 Å². The number of pyridine rings is 1. The lowest BCUT2D eigenvalue weighted by Crippen LogP contribution is -1.90. The van der Waals surface area contributed by atoms with Crippen molar-refractivity contribution in [2.24, 2.45) is 0 Å². The van der Waals surface area contributed by atoms with Gasteiger partial charge in [-0.2, -0.15) is 0 Å². The molecule has 0 saturated carbocycles. The van der Waals surface area contributed by atoms with Crippen LogP contribution in [-0.2, 0) is 0 Å². The fourth-order valence-electron chi connectivity index (χ4n) is 1.45. The molecule has 0 atom stereocenters. The molecule has 0 N–H and O–H groups in total. The Kier molecular flexibility index (Phi) is 3.15. The predicted octanol–water partition coefficient (Wildman–Crippen LogP) is 4.51. The van der Waals surface area contributed by atoms with Gasteiger partial charge >= 0.3 is 0 Å². The van der Waals surface area contributed by atoms with Crippen molar-refractivity contribution in [3.63, 3.8) is 0 Å². The van der Waals surface area contributed by atoms with Crippen LogP contribution in [0, 0.1) is 6.92 Å². The lowest BCUT2D eigenvalue weighted by molar-refractivity contribution is 0.415. The molecular weight excluding hydrogens is 268 g/mol. The van der Waals surface area contributed by atoms with Gasteiger partial charge in [-0.3, -0.25) is 0 Å². The van der Waals surface area contributed by atoms with Crippen LogP contribution < -0.4 is 4.74 Å². The van der Waals surface area contributed by atoms with Gasteiger partial charge < -0.3 is 4.74 Å². The Bertz CT molecular complexity index is 569. The van der Waals surface area contributed by atoms with Crippen molar-refractivity contribution in [1.82, 2.24) is 4.98 Å². The Balaban J connectivity index is 2.86. The van der Waals surface area contributed by atoms with E-state index in [4.69, 9.17) is 39.5 Å². The number of aromatic nitrogens is 1. The zero-order valence-electron chi connectivity index (χ0n) is 8.64. The zero-order chi connectivity index (χ0) is 11.9. The van der Waals surface area contributed by atoms with Crippen molar-refractivity contribution in [3.05, 3.63) is 32.9 Å². The molecule has 2 aromatic rings. The van der Waals surface area contributed by atoms with Gasteiger partial charge in [0.2, 0.25) is 0 Å². The summed E-state index contributed by atoms with van der Waals surface area (Å²) in [6, 6.07) is 3.45. The van der Waals surface area contributed by atoms with Crippen LogP contribution in [0.4, 0.5) is 0 Å². The van der Waals surface area contributed by atoms with E-state index in [9.17, 15) is 0 Å². The predicted molar refractivity (Wildman–Crippen MR) is 68.1 cm³/mol. The van der Waals surface area contributed by atoms with Crippen LogP contribution in [0.15, 0.2) is 12.1 Å². The number of fused-ring (bicyclic) bond motifs is 1. The van der Waals surface area contributed by atoms with Crippen LogP contribution in [0.1, 0.15) is 5.56 Å². The first-order valence-corrected chi connectivity index (χ1v) is 5.67. The average molecular weight is 277 g/mol. The summed E-state index contributed by atoms with van der Waals surface area (Å²) in [5, 5.41) is 2.23. The van der Waals surface area contributed by atoms with Crippen LogP contribution in [0.3, 0.4) is 0 Å². The molecule has 0 aliphatic carbocycles. The fourth-order valence-corrected chi connectivity index (χ4v) is 2.17. The van der Waals surface area contributed by atoms with Crippen LogP contribution in [0.2, 0.25) is 15.2 Å². The van der Waals surface area contributed by atoms with Crippen molar-refractivity contribution in [3.8, 4) is 5.75 Å². The molecule has 2 nitrogen and oxygen atoms in total. The highest BCUT2D eigenvalue weighted by molar-refractivity contribution is 6.40. The summed E-state index contributed by atoms with van der Waals surface area (Å²) in [7, 11) is 1.55. The number of rotatable bonds is 1. The summed E-state index contributed by atoms with van der Waals surface area (Å²) in [5.74, 6) is 0.553. The molecule has 0 radical (unpaired) electrons. The van der Waals surface area contributed by atoms with Gasteiger partial charge in [0, 0.05) is 17.0 Å². The average Bonchev–Trinajstić information content (AvgIpc) is 2.27. The second kappa shape index (κ2) is 4.28. The van der Waals surface area contributed by atoms with Gasteiger partial charge in [-0.15, -0.1) is 0 Å². The first-order chi connectivity index (χ1) is 7.54. The molecule has 0 aliphatic heterocycles. The van der Waals surface area contributed by atoms with Crippen LogP contribution in [0.5, 0.6) is 5.75 Å². The molecule has 0 bridgehead atoms. The van der Waals surface area contributed by atoms with Gasteiger partial charge in [0.15, 0.2) is 0 Å². The second-order valence-electron chi connectivity index (χ2n) is 3.35. The van der Waals surface area contributed by atoms with E-state index in [2.05, 4.69) is 4.98 Å². The quantitative estimate of drug-likeness (QED) is 0.715. The maximum absolute atomic E-state index is 6.17. The molecule has 0 aliphatic rings. The Hall–Kier alpha value is -0.700. The topological polar surface area (TPSA) is 22.1 Å². The molecule has 0 fully saturated rings. The number of benzene rings is 1. The van der Waals surface area contributed by atoms with Crippen LogP contribution in [-0.4, -0.2) is 12.1 Å². The van der Waals surface area contributed by atoms with Gasteiger partial charge in [-0.25, -0.2) is 4.98 Å². The van der Waals surface area contributed by atoms with E-state index in [-0.39, 0.29) is 0 Å². The lowest BCUT2D eigenvalue weighted by Gasteiger charge is -2.08. The van der Waals surface area contributed by atoms with Gasteiger partial charge in [0.05, 0.1) is 22.7 Å². The molecule has 0 spiro atoms. The SMILES string of the molecule is COc1cc2nc(Cl)c(C)c(Cl)c2cc1Cl. The Labute approximate surface area is 108 Å². The Morgan fingerprint density at radius 3 is 2.50 bits per heavy atom. The normalized spacial score (nSPS) is 10.8. The third-order valence-electron chi connectivity index (χ3n) is 2.36. The van der Waals surface area contributed by atoms with Crippen molar-refractivity contribution in [2.45, 2.75) is 6.92 Å². The molecule has 84 valence electrons. The first-order valence-electron chi connectivity index (χ1n) is 4.53. The van der Waals surface area contributed by atoms with Crippen LogP contribution in [0.25, 0.3) is 10.9 Å². The minimum atomic E-state index is 0.391. The summed E-state index contributed by atoms with van der Waals surface area (Å²) >= 11 is 18.2. The maximum Gasteiger partial charge on any atom is 0.139 e. The molecular formula is C11H8Cl3NO. The highest BCUT2D eigenvalue weighted by Gasteiger charge is 2.11. The minimum absolute atomic E-state index is 0.391. The second-order valence-corrected chi connectivity index (χ2v) is 4.49. The van der Waals surface area contributed by atoms with Crippen molar-refractivity contribution >= 4 is 45.7 Å². The van der Waals surface area contributed by atoms with E-state index < -0.39 is 0 Å². The summed E-state index contributed by atoms with van der Waals surface area (Å²) in [5.41, 5.74) is 1.42. The number of ether oxygens (including phenoxy) is 1. The molecule has 1 aromatic heterocycles. The highest BCUT2D eigenvalue weighted by Crippen LogP contribution is 2.35. The number of halogens is 3. The summed E-state index contributed by atoms with van der Waals surface area (Å²) in [4.78, 5) is 4.23. The molecule has 2 rings (SSSR count). The van der Waals surface area contributed by atoms with Gasteiger partial charge in [-0.1, -0.05) is 34.8 Å². The van der Waals surface area contributed by atoms with E-state index >= 15 is 0 Å². The summed E-state index contributed by atoms with van der Waals surface area (Å²) in [6.45, 7) is 1.81. The molecule has 0 unspecified atom stereocenters. The van der Waals surface area contributed by atoms with Gasteiger partial charge in [-0.05, 0) is 13.0 Å². The van der Waals surface area contributed by atoms with E-state index in [1.54, 1.807) is 19.2 Å². The van der Waals surface area contributed by atoms with Crippen LogP contribution >= 0.6 is 34.8 Å². The number of hydrogen-bond donors (Lipinski definition) is 0. The Morgan fingerprint density at radius 2 is 1.88 bits per heavy atom. The standard InChI is InChI=1S/C11H8Cl3NO/c1-5-10(13)6-3-7(12)9(16-2)4-8(6)15-11(5)14/h3-4H,1-2H3. The molecule has 16 heavy (non-hydrogen) atoms. The zero-order valence-corrected chi connectivity index (χ0v) is 10.9. The van der Waals surface area contributed by atoms with Crippen molar-refractivity contribution < 1.29 is 4.74 Å². The van der Waals surface area contributed by atoms with E-state index in [1.807, 2.05) is 6.92 Å². The molecule has 1 aromatic carbocycles. The number of nitrogens with zero attached hydrogens (tertiary/aromatic N) is 1. The van der Waals surface area contributed by atoms with E-state index in [0.717, 1.165) is 10.9 Å². The number of hydrogen-bond acceptors (Lipinski definition) is 2. The minimum Gasteiger partial charge on any atom is -0.495 e. The largest absolute Gasteiger partial charge is 0.495 e. The summed E-state index contributed by atoms with van der Waals surface area (Å²) < 4.78 is 5.10. The lowest BCUT2D eigenvalue weighted by atomic mass is 10.1. The highest BCUT2D eigenvalue weighted by atomic mass is 35.5. The molecule has 0 saturated heterocycles. The Morgan fingerprint density at radius 1 is 1.19 bits per heavy atom.